The maximum atomic E-state index is 14.2. The van der Waals surface area contributed by atoms with E-state index in [0.717, 1.165) is 12.8 Å². The predicted octanol–water partition coefficient (Wildman–Crippen LogP) is 4.28. The van der Waals surface area contributed by atoms with E-state index in [4.69, 9.17) is 19.9 Å². The molecule has 336 valence electrons. The number of ether oxygens (including phenoxy) is 3. The molecule has 7 unspecified atom stereocenters. The van der Waals surface area contributed by atoms with E-state index >= 15 is 0 Å². The first-order valence-corrected chi connectivity index (χ1v) is 21.6. The SMILES string of the molecule is CCC(C)C(C(CC(=O)N1CCCC1C(OC)C(C)C(=O)NCCC1C=CC=CC=C1)OC)N(C)C(=O)C(NC(=O)CNC(=O)CCC(C)(C)OCC(C)(C)N)C(C)C. The second-order valence-electron chi connectivity index (χ2n) is 18.1. The third-order valence-corrected chi connectivity index (χ3v) is 11.6. The summed E-state index contributed by atoms with van der Waals surface area (Å²) >= 11 is 0. The van der Waals surface area contributed by atoms with Crippen molar-refractivity contribution in [2.75, 3.05) is 47.5 Å². The van der Waals surface area contributed by atoms with Gasteiger partial charge in [-0.05, 0) is 71.1 Å². The van der Waals surface area contributed by atoms with E-state index in [0.29, 0.717) is 39.0 Å². The summed E-state index contributed by atoms with van der Waals surface area (Å²) in [5.41, 5.74) is 4.96. The topological polar surface area (TPSA) is 182 Å². The van der Waals surface area contributed by atoms with Gasteiger partial charge in [-0.3, -0.25) is 24.0 Å². The Labute approximate surface area is 354 Å². The molecule has 0 aromatic heterocycles. The third-order valence-electron chi connectivity index (χ3n) is 11.6. The molecular formula is C45H78N6O8. The molecule has 7 atom stereocenters. The number of nitrogens with one attached hydrogen (secondary N) is 3. The minimum absolute atomic E-state index is 0.0183. The van der Waals surface area contributed by atoms with Crippen molar-refractivity contribution in [2.24, 2.45) is 29.4 Å². The molecular weight excluding hydrogens is 753 g/mol. The maximum absolute atomic E-state index is 14.2. The second kappa shape index (κ2) is 24.6. The van der Waals surface area contributed by atoms with Gasteiger partial charge in [-0.2, -0.15) is 0 Å². The van der Waals surface area contributed by atoms with Gasteiger partial charge in [0.2, 0.25) is 29.5 Å². The van der Waals surface area contributed by atoms with Crippen molar-refractivity contribution in [3.05, 3.63) is 36.5 Å². The molecule has 1 fully saturated rings. The van der Waals surface area contributed by atoms with Crippen molar-refractivity contribution in [1.29, 1.82) is 0 Å². The number of hydrogen-bond donors (Lipinski definition) is 4. The summed E-state index contributed by atoms with van der Waals surface area (Å²) in [5.74, 6) is -1.94. The summed E-state index contributed by atoms with van der Waals surface area (Å²) in [7, 11) is 4.82. The molecule has 0 aromatic rings. The van der Waals surface area contributed by atoms with Crippen molar-refractivity contribution in [2.45, 2.75) is 149 Å². The van der Waals surface area contributed by atoms with Crippen LogP contribution in [0.25, 0.3) is 0 Å². The lowest BCUT2D eigenvalue weighted by molar-refractivity contribution is -0.147. The molecule has 1 aliphatic heterocycles. The quantitative estimate of drug-likeness (QED) is 0.104. The molecule has 14 heteroatoms. The van der Waals surface area contributed by atoms with Crippen molar-refractivity contribution in [3.63, 3.8) is 0 Å². The van der Waals surface area contributed by atoms with Crippen LogP contribution in [0, 0.1) is 23.7 Å². The zero-order valence-corrected chi connectivity index (χ0v) is 38.2. The van der Waals surface area contributed by atoms with Crippen LogP contribution in [0.15, 0.2) is 36.5 Å². The van der Waals surface area contributed by atoms with E-state index in [1.807, 2.05) is 91.5 Å². The van der Waals surface area contributed by atoms with Gasteiger partial charge in [-0.15, -0.1) is 0 Å². The molecule has 1 heterocycles. The molecule has 14 nitrogen and oxygen atoms in total. The highest BCUT2D eigenvalue weighted by molar-refractivity contribution is 5.90. The summed E-state index contributed by atoms with van der Waals surface area (Å²) in [6, 6.07) is -1.67. The van der Waals surface area contributed by atoms with Gasteiger partial charge in [0.1, 0.15) is 6.04 Å². The largest absolute Gasteiger partial charge is 0.379 e. The summed E-state index contributed by atoms with van der Waals surface area (Å²) in [6.45, 7) is 18.2. The molecule has 1 saturated heterocycles. The number of hydrogen-bond acceptors (Lipinski definition) is 9. The lowest BCUT2D eigenvalue weighted by Gasteiger charge is -2.40. The number of likely N-dealkylation sites (tertiary alicyclic amines) is 1. The molecule has 0 bridgehead atoms. The second-order valence-corrected chi connectivity index (χ2v) is 18.1. The van der Waals surface area contributed by atoms with Crippen LogP contribution >= 0.6 is 0 Å². The zero-order chi connectivity index (χ0) is 44.5. The first kappa shape index (κ1) is 51.6. The van der Waals surface area contributed by atoms with Gasteiger partial charge in [0.15, 0.2) is 0 Å². The van der Waals surface area contributed by atoms with Crippen molar-refractivity contribution < 1.29 is 38.2 Å². The molecule has 1 aliphatic carbocycles. The Bertz CT molecular complexity index is 1440. The van der Waals surface area contributed by atoms with Gasteiger partial charge < -0.3 is 45.7 Å². The highest BCUT2D eigenvalue weighted by atomic mass is 16.5. The van der Waals surface area contributed by atoms with Gasteiger partial charge in [0.05, 0.1) is 55.4 Å². The Balaban J connectivity index is 2.08. The van der Waals surface area contributed by atoms with Crippen LogP contribution in [0.5, 0.6) is 0 Å². The number of carbonyl (C=O) groups excluding carboxylic acids is 5. The van der Waals surface area contributed by atoms with Crippen LogP contribution in [-0.2, 0) is 38.2 Å². The Morgan fingerprint density at radius 3 is 2.14 bits per heavy atom. The van der Waals surface area contributed by atoms with E-state index in [2.05, 4.69) is 28.1 Å². The molecule has 0 saturated carbocycles. The van der Waals surface area contributed by atoms with Crippen LogP contribution in [0.3, 0.4) is 0 Å². The number of methoxy groups -OCH3 is 2. The fourth-order valence-corrected chi connectivity index (χ4v) is 7.72. The highest BCUT2D eigenvalue weighted by Gasteiger charge is 2.43. The number of rotatable bonds is 25. The van der Waals surface area contributed by atoms with Gasteiger partial charge in [-0.25, -0.2) is 0 Å². The molecule has 5 amide bonds. The molecule has 59 heavy (non-hydrogen) atoms. The monoisotopic (exact) mass is 831 g/mol. The molecule has 0 radical (unpaired) electrons. The van der Waals surface area contributed by atoms with Crippen LogP contribution in [-0.4, -0.2) is 128 Å². The van der Waals surface area contributed by atoms with E-state index < -0.39 is 47.3 Å². The van der Waals surface area contributed by atoms with Crippen LogP contribution < -0.4 is 21.7 Å². The summed E-state index contributed by atoms with van der Waals surface area (Å²) in [5, 5.41) is 8.57. The van der Waals surface area contributed by atoms with Gasteiger partial charge >= 0.3 is 0 Å². The summed E-state index contributed by atoms with van der Waals surface area (Å²) < 4.78 is 17.8. The number of carbonyl (C=O) groups is 5. The van der Waals surface area contributed by atoms with E-state index in [1.165, 1.54) is 0 Å². The molecule has 2 aliphatic rings. The number of likely N-dealkylation sites (N-methyl/N-ethyl adjacent to an activating group) is 1. The number of nitrogens with two attached hydrogens (primary N) is 1. The fourth-order valence-electron chi connectivity index (χ4n) is 7.72. The molecule has 5 N–H and O–H groups in total. The normalized spacial score (nSPS) is 19.1. The fraction of sp³-hybridized carbons (Fsp3) is 0.756. The number of allylic oxidation sites excluding steroid dienone is 6. The number of amides is 5. The predicted molar refractivity (Wildman–Crippen MR) is 232 cm³/mol. The maximum Gasteiger partial charge on any atom is 0.245 e. The number of nitrogens with zero attached hydrogens (tertiary/aromatic N) is 2. The molecule has 0 spiro atoms. The standard InChI is InChI=1S/C45H78N6O8/c1-13-31(4)40(50(10)43(56)39(30(2)3)49-37(53)28-48-36(52)22-24-45(8,9)59-29-44(6,7)46)35(57-11)27-38(54)51-26-18-21-34(51)41(58-12)32(5)42(55)47-25-23-33-19-16-14-15-17-20-33/h14-17,19-20,30-35,39-41H,13,18,21-29,46H2,1-12H3,(H,47,55)(H,48,52)(H,49,53). The Hall–Kier alpha value is -3.59. The van der Waals surface area contributed by atoms with Gasteiger partial charge in [0.25, 0.3) is 0 Å². The molecule has 0 aromatic carbocycles. The minimum atomic E-state index is -0.883. The molecule has 2 rings (SSSR count). The average molecular weight is 831 g/mol. The van der Waals surface area contributed by atoms with Crippen molar-refractivity contribution >= 4 is 29.5 Å². The lowest BCUT2D eigenvalue weighted by atomic mass is 9.89. The van der Waals surface area contributed by atoms with Crippen LogP contribution in [0.2, 0.25) is 0 Å². The summed E-state index contributed by atoms with van der Waals surface area (Å²) in [6.07, 6.45) is 14.6. The van der Waals surface area contributed by atoms with E-state index in [-0.39, 0.29) is 66.8 Å². The van der Waals surface area contributed by atoms with Crippen LogP contribution in [0.1, 0.15) is 107 Å². The lowest BCUT2D eigenvalue weighted by Crippen LogP contribution is -2.58. The van der Waals surface area contributed by atoms with E-state index in [1.54, 1.807) is 26.2 Å². The Kier molecular flexibility index (Phi) is 21.5. The van der Waals surface area contributed by atoms with E-state index in [9.17, 15) is 24.0 Å². The first-order chi connectivity index (χ1) is 27.7. The minimum Gasteiger partial charge on any atom is -0.379 e. The van der Waals surface area contributed by atoms with Crippen molar-refractivity contribution in [1.82, 2.24) is 25.8 Å². The van der Waals surface area contributed by atoms with Gasteiger partial charge in [0, 0.05) is 46.3 Å². The van der Waals surface area contributed by atoms with Crippen molar-refractivity contribution in [3.8, 4) is 0 Å². The summed E-state index contributed by atoms with van der Waals surface area (Å²) in [4.78, 5) is 70.9. The van der Waals surface area contributed by atoms with Gasteiger partial charge in [-0.1, -0.05) is 77.5 Å². The highest BCUT2D eigenvalue weighted by Crippen LogP contribution is 2.30. The van der Waals surface area contributed by atoms with Crippen LogP contribution in [0.4, 0.5) is 0 Å². The third kappa shape index (κ3) is 17.1. The average Bonchev–Trinajstić information content (AvgIpc) is 3.52. The first-order valence-electron chi connectivity index (χ1n) is 21.6. The Morgan fingerprint density at radius 2 is 1.58 bits per heavy atom. The zero-order valence-electron chi connectivity index (χ0n) is 38.2. The smallest absolute Gasteiger partial charge is 0.245 e. The Morgan fingerprint density at radius 1 is 0.932 bits per heavy atom.